The molecule has 320 valence electrons. The van der Waals surface area contributed by atoms with Gasteiger partial charge >= 0.3 is 0 Å². The van der Waals surface area contributed by atoms with E-state index in [1.165, 1.54) is 86.0 Å². The predicted octanol–water partition coefficient (Wildman–Crippen LogP) is 5.34. The van der Waals surface area contributed by atoms with E-state index in [4.69, 9.17) is 18.9 Å². The fourth-order valence-corrected chi connectivity index (χ4v) is 8.93. The van der Waals surface area contributed by atoms with Crippen molar-refractivity contribution in [2.45, 2.75) is 54.9 Å². The normalized spacial score (nSPS) is 23.7. The molecule has 0 aromatic heterocycles. The summed E-state index contributed by atoms with van der Waals surface area (Å²) >= 11 is 0. The Morgan fingerprint density at radius 3 is 1.68 bits per heavy atom. The Kier molecular flexibility index (Phi) is 9.65. The van der Waals surface area contributed by atoms with Gasteiger partial charge in [-0.1, -0.05) is 24.3 Å². The smallest absolute Gasteiger partial charge is 0.160 e. The summed E-state index contributed by atoms with van der Waals surface area (Å²) in [5, 5.41) is 134. The highest BCUT2D eigenvalue weighted by atomic mass is 16.5. The summed E-state index contributed by atoms with van der Waals surface area (Å²) in [6.07, 6.45) is -8.96. The van der Waals surface area contributed by atoms with Crippen LogP contribution in [0.4, 0.5) is 0 Å². The molecule has 9 rings (SSSR count). The van der Waals surface area contributed by atoms with Gasteiger partial charge in [0.25, 0.3) is 0 Å². The van der Waals surface area contributed by atoms with E-state index in [1.807, 2.05) is 0 Å². The lowest BCUT2D eigenvalue weighted by Gasteiger charge is -2.44. The summed E-state index contributed by atoms with van der Waals surface area (Å²) in [6, 6.07) is 19.7. The molecule has 12 N–H and O–H groups in total. The molecule has 0 unspecified atom stereocenters. The summed E-state index contributed by atoms with van der Waals surface area (Å²) in [4.78, 5) is 0. The second kappa shape index (κ2) is 14.9. The fraction of sp³-hybridized carbons (Fsp3) is 0.217. The van der Waals surface area contributed by atoms with Crippen LogP contribution in [-0.2, 0) is 6.42 Å². The summed E-state index contributed by atoms with van der Waals surface area (Å²) in [5.41, 5.74) is 0.830. The van der Waals surface area contributed by atoms with Gasteiger partial charge in [0, 0.05) is 58.2 Å². The highest BCUT2D eigenvalue weighted by molar-refractivity contribution is 5.71. The first kappa shape index (κ1) is 40.0. The SMILES string of the molecule is COc1ccc([C@H]2Oc3c(c4c(c(O)c3[C@H]3c5ccc(O)cc5O[C@H](c5ccc(O)c(O)c5)[C@H]3O)[C@H](c3ccc(O)c(O)c3)[C@@H](O)[C@@H](c3ccc(O)cc3O)O4)C[C@@H]2O)cc1O. The second-order valence-electron chi connectivity index (χ2n) is 15.5. The molecule has 16 nitrogen and oxygen atoms in total. The highest BCUT2D eigenvalue weighted by Gasteiger charge is 2.50. The minimum absolute atomic E-state index is 0.0173. The number of hydrogen-bond acceptors (Lipinski definition) is 16. The van der Waals surface area contributed by atoms with Crippen LogP contribution in [0.25, 0.3) is 0 Å². The van der Waals surface area contributed by atoms with Crippen LogP contribution in [0.2, 0.25) is 0 Å². The fourth-order valence-electron chi connectivity index (χ4n) is 8.93. The number of aliphatic hydroxyl groups is 3. The largest absolute Gasteiger partial charge is 0.508 e. The summed E-state index contributed by atoms with van der Waals surface area (Å²) in [7, 11) is 1.37. The number of aliphatic hydroxyl groups excluding tert-OH is 3. The van der Waals surface area contributed by atoms with Crippen molar-refractivity contribution in [1.82, 2.24) is 0 Å². The average molecular weight is 849 g/mol. The van der Waals surface area contributed by atoms with Crippen LogP contribution in [0.1, 0.15) is 74.7 Å². The van der Waals surface area contributed by atoms with Gasteiger partial charge < -0.3 is 80.2 Å². The predicted molar refractivity (Wildman–Crippen MR) is 216 cm³/mol. The Bertz CT molecular complexity index is 2750. The van der Waals surface area contributed by atoms with Gasteiger partial charge in [-0.15, -0.1) is 0 Å². The molecular formula is C46H40O16. The van der Waals surface area contributed by atoms with Gasteiger partial charge in [0.05, 0.1) is 13.2 Å². The molecule has 0 saturated heterocycles. The highest BCUT2D eigenvalue weighted by Crippen LogP contribution is 2.62. The van der Waals surface area contributed by atoms with Crippen molar-refractivity contribution in [3.8, 4) is 74.7 Å². The first-order valence-electron chi connectivity index (χ1n) is 19.4. The zero-order valence-electron chi connectivity index (χ0n) is 32.5. The van der Waals surface area contributed by atoms with E-state index in [9.17, 15) is 61.3 Å². The molecule has 0 amide bonds. The van der Waals surface area contributed by atoms with Gasteiger partial charge in [-0.25, -0.2) is 0 Å². The van der Waals surface area contributed by atoms with E-state index in [-0.39, 0.29) is 85.6 Å². The van der Waals surface area contributed by atoms with Crippen molar-refractivity contribution in [3.05, 3.63) is 136 Å². The van der Waals surface area contributed by atoms with Gasteiger partial charge in [0.2, 0.25) is 0 Å². The second-order valence-corrected chi connectivity index (χ2v) is 15.5. The molecule has 3 heterocycles. The molecule has 8 atom stereocenters. The third-order valence-corrected chi connectivity index (χ3v) is 11.9. The number of fused-ring (bicyclic) bond motifs is 4. The third-order valence-electron chi connectivity index (χ3n) is 11.9. The summed E-state index contributed by atoms with van der Waals surface area (Å²) < 4.78 is 24.7. The van der Waals surface area contributed by atoms with E-state index in [0.29, 0.717) is 5.56 Å². The number of methoxy groups -OCH3 is 1. The van der Waals surface area contributed by atoms with Crippen LogP contribution in [0, 0.1) is 0 Å². The molecule has 16 heteroatoms. The number of rotatable bonds is 6. The van der Waals surface area contributed by atoms with Crippen molar-refractivity contribution < 1.29 is 80.2 Å². The van der Waals surface area contributed by atoms with Crippen molar-refractivity contribution in [1.29, 1.82) is 0 Å². The first-order valence-corrected chi connectivity index (χ1v) is 19.4. The van der Waals surface area contributed by atoms with Crippen LogP contribution >= 0.6 is 0 Å². The molecule has 0 saturated carbocycles. The number of ether oxygens (including phenoxy) is 4. The maximum absolute atomic E-state index is 13.0. The van der Waals surface area contributed by atoms with E-state index in [0.717, 1.165) is 6.07 Å². The maximum atomic E-state index is 13.0. The molecule has 0 fully saturated rings. The Balaban J connectivity index is 1.34. The van der Waals surface area contributed by atoms with Gasteiger partial charge in [-0.2, -0.15) is 0 Å². The third kappa shape index (κ3) is 6.43. The van der Waals surface area contributed by atoms with Crippen LogP contribution in [0.5, 0.6) is 74.7 Å². The van der Waals surface area contributed by atoms with Crippen molar-refractivity contribution in [3.63, 3.8) is 0 Å². The van der Waals surface area contributed by atoms with E-state index >= 15 is 0 Å². The minimum Gasteiger partial charge on any atom is -0.508 e. The Morgan fingerprint density at radius 2 is 1.03 bits per heavy atom. The topological polar surface area (TPSA) is 280 Å². The van der Waals surface area contributed by atoms with Crippen molar-refractivity contribution in [2.75, 3.05) is 7.11 Å². The first-order chi connectivity index (χ1) is 29.6. The van der Waals surface area contributed by atoms with Gasteiger partial charge in [0.1, 0.15) is 58.6 Å². The quantitative estimate of drug-likeness (QED) is 0.0943. The molecule has 0 bridgehead atoms. The lowest BCUT2D eigenvalue weighted by atomic mass is 9.73. The van der Waals surface area contributed by atoms with E-state index in [1.54, 1.807) is 6.07 Å². The number of aromatic hydroxyl groups is 9. The van der Waals surface area contributed by atoms with Crippen LogP contribution in [0.15, 0.2) is 91.0 Å². The number of phenolic OH excluding ortho intramolecular Hbond substituents is 9. The van der Waals surface area contributed by atoms with E-state index < -0.39 is 83.0 Å². The number of phenols is 9. The number of hydrogen-bond donors (Lipinski definition) is 12. The molecule has 6 aromatic rings. The Morgan fingerprint density at radius 1 is 0.484 bits per heavy atom. The molecule has 6 aromatic carbocycles. The van der Waals surface area contributed by atoms with Gasteiger partial charge in [0.15, 0.2) is 46.7 Å². The monoisotopic (exact) mass is 848 g/mol. The van der Waals surface area contributed by atoms with E-state index in [2.05, 4.69) is 0 Å². The Labute approximate surface area is 351 Å². The van der Waals surface area contributed by atoms with Crippen LogP contribution in [0.3, 0.4) is 0 Å². The molecule has 0 spiro atoms. The lowest BCUT2D eigenvalue weighted by Crippen LogP contribution is -2.39. The average Bonchev–Trinajstić information content (AvgIpc) is 3.23. The number of benzene rings is 6. The molecule has 0 radical (unpaired) electrons. The standard InChI is InChI=1S/C46H40O16/c1-59-33-11-4-19(14-31(33)54)42-32(55)17-25-44-37(35(18-2-9-26(49)29(52)12-18)40(57)46(62-44)23-7-5-21(47)15-28(23)51)39(56)38(45(25)61-42)36-24-8-6-22(48)16-34(24)60-43(41(36)58)20-3-10-27(50)30(53)13-20/h2-16,32,35-36,40-43,46-58H,17H2,1H3/t32-,35-,36+,40+,41-,42+,43+,46+/m0/s1. The van der Waals surface area contributed by atoms with Gasteiger partial charge in [-0.3, -0.25) is 0 Å². The van der Waals surface area contributed by atoms with Crippen molar-refractivity contribution >= 4 is 0 Å². The van der Waals surface area contributed by atoms with Gasteiger partial charge in [-0.05, 0) is 71.3 Å². The Hall–Kier alpha value is -7.40. The summed E-state index contributed by atoms with van der Waals surface area (Å²) in [5.74, 6) is -6.50. The molecular weight excluding hydrogens is 808 g/mol. The van der Waals surface area contributed by atoms with Crippen LogP contribution < -0.4 is 18.9 Å². The molecule has 3 aliphatic rings. The summed E-state index contributed by atoms with van der Waals surface area (Å²) in [6.45, 7) is 0. The minimum atomic E-state index is -1.68. The lowest BCUT2D eigenvalue weighted by molar-refractivity contribution is -0.00706. The molecule has 62 heavy (non-hydrogen) atoms. The zero-order chi connectivity index (χ0) is 43.9. The molecule has 3 aliphatic heterocycles. The van der Waals surface area contributed by atoms with Crippen LogP contribution in [-0.4, -0.2) is 86.7 Å². The maximum Gasteiger partial charge on any atom is 0.160 e. The zero-order valence-corrected chi connectivity index (χ0v) is 32.5. The molecule has 0 aliphatic carbocycles. The van der Waals surface area contributed by atoms with Crippen molar-refractivity contribution in [2.24, 2.45) is 0 Å².